The SMILES string of the molecule is CNC(=O)c1nnc(N2CCN(C(C)=O)C2=O)cc1Nc1cccc(-c2ncn(C)n2)c1OC. The van der Waals surface area contributed by atoms with Gasteiger partial charge >= 0.3 is 6.03 Å². The Bertz CT molecular complexity index is 1270. The highest BCUT2D eigenvalue weighted by molar-refractivity contribution is 6.04. The lowest BCUT2D eigenvalue weighted by Crippen LogP contribution is -2.35. The summed E-state index contributed by atoms with van der Waals surface area (Å²) in [7, 11) is 4.75. The number of imide groups is 1. The van der Waals surface area contributed by atoms with Gasteiger partial charge in [-0.3, -0.25) is 24.1 Å². The molecule has 1 aromatic carbocycles. The molecular formula is C21H23N9O4. The summed E-state index contributed by atoms with van der Waals surface area (Å²) in [4.78, 5) is 43.5. The second-order valence-corrected chi connectivity index (χ2v) is 7.40. The number of urea groups is 1. The van der Waals surface area contributed by atoms with E-state index in [1.807, 2.05) is 6.07 Å². The number of nitrogens with zero attached hydrogens (tertiary/aromatic N) is 7. The van der Waals surface area contributed by atoms with Crippen LogP contribution in [0.3, 0.4) is 0 Å². The second kappa shape index (κ2) is 9.13. The van der Waals surface area contributed by atoms with Crippen molar-refractivity contribution in [2.24, 2.45) is 7.05 Å². The zero-order chi connectivity index (χ0) is 24.4. The first kappa shape index (κ1) is 22.6. The van der Waals surface area contributed by atoms with Crippen LogP contribution in [0.5, 0.6) is 5.75 Å². The van der Waals surface area contributed by atoms with Crippen molar-refractivity contribution in [3.63, 3.8) is 0 Å². The first-order valence-electron chi connectivity index (χ1n) is 10.3. The van der Waals surface area contributed by atoms with Crippen molar-refractivity contribution in [2.75, 3.05) is 37.5 Å². The zero-order valence-corrected chi connectivity index (χ0v) is 19.1. The summed E-state index contributed by atoms with van der Waals surface area (Å²) >= 11 is 0. The number of aromatic nitrogens is 5. The monoisotopic (exact) mass is 465 g/mol. The van der Waals surface area contributed by atoms with Gasteiger partial charge in [0, 0.05) is 40.2 Å². The third-order valence-corrected chi connectivity index (χ3v) is 5.22. The largest absolute Gasteiger partial charge is 0.494 e. The van der Waals surface area contributed by atoms with Gasteiger partial charge in [0.15, 0.2) is 23.1 Å². The Balaban J connectivity index is 1.75. The van der Waals surface area contributed by atoms with Crippen molar-refractivity contribution < 1.29 is 19.1 Å². The number of nitrogens with one attached hydrogen (secondary N) is 2. The summed E-state index contributed by atoms with van der Waals surface area (Å²) in [5.41, 5.74) is 1.48. The van der Waals surface area contributed by atoms with E-state index in [0.717, 1.165) is 4.90 Å². The number of para-hydroxylation sites is 1. The number of methoxy groups -OCH3 is 1. The maximum Gasteiger partial charge on any atom is 0.332 e. The van der Waals surface area contributed by atoms with Gasteiger partial charge in [-0.2, -0.15) is 5.10 Å². The number of amides is 4. The Hall–Kier alpha value is -4.55. The van der Waals surface area contributed by atoms with Gasteiger partial charge in [0.25, 0.3) is 5.91 Å². The summed E-state index contributed by atoms with van der Waals surface area (Å²) in [6.45, 7) is 1.82. The molecule has 0 spiro atoms. The number of carbonyl (C=O) groups excluding carboxylic acids is 3. The summed E-state index contributed by atoms with van der Waals surface area (Å²) in [5, 5.41) is 18.1. The minimum atomic E-state index is -0.499. The number of hydrogen-bond donors (Lipinski definition) is 2. The molecule has 2 N–H and O–H groups in total. The Morgan fingerprint density at radius 2 is 1.94 bits per heavy atom. The third kappa shape index (κ3) is 4.10. The van der Waals surface area contributed by atoms with Gasteiger partial charge < -0.3 is 15.4 Å². The summed E-state index contributed by atoms with van der Waals surface area (Å²) < 4.78 is 7.21. The van der Waals surface area contributed by atoms with E-state index in [2.05, 4.69) is 30.9 Å². The van der Waals surface area contributed by atoms with E-state index >= 15 is 0 Å². The number of ether oxygens (including phenoxy) is 1. The van der Waals surface area contributed by atoms with E-state index in [1.165, 1.54) is 32.0 Å². The van der Waals surface area contributed by atoms with Crippen LogP contribution in [0.2, 0.25) is 0 Å². The molecule has 34 heavy (non-hydrogen) atoms. The first-order chi connectivity index (χ1) is 16.3. The molecule has 0 bridgehead atoms. The van der Waals surface area contributed by atoms with Crippen LogP contribution in [0, 0.1) is 0 Å². The van der Waals surface area contributed by atoms with Gasteiger partial charge in [0.05, 0.1) is 24.0 Å². The molecule has 4 rings (SSSR count). The molecule has 0 saturated carbocycles. The van der Waals surface area contributed by atoms with Gasteiger partial charge in [-0.15, -0.1) is 10.2 Å². The number of anilines is 3. The third-order valence-electron chi connectivity index (χ3n) is 5.22. The molecule has 1 aliphatic heterocycles. The Morgan fingerprint density at radius 1 is 1.15 bits per heavy atom. The molecule has 1 aliphatic rings. The van der Waals surface area contributed by atoms with Gasteiger partial charge in [-0.25, -0.2) is 9.78 Å². The standard InChI is InChI=1S/C21H23N9O4/c1-12(31)29-8-9-30(21(29)33)16-10-15(17(26-25-16)20(32)22-2)24-14-7-5-6-13(18(14)34-4)19-23-11-28(3)27-19/h5-7,10-11H,8-9H2,1-4H3,(H,22,32)(H,24,25). The van der Waals surface area contributed by atoms with Crippen molar-refractivity contribution >= 4 is 35.0 Å². The maximum absolute atomic E-state index is 12.6. The highest BCUT2D eigenvalue weighted by atomic mass is 16.5. The highest BCUT2D eigenvalue weighted by Crippen LogP contribution is 2.37. The minimum absolute atomic E-state index is 0.0183. The van der Waals surface area contributed by atoms with Crippen LogP contribution in [-0.4, -0.2) is 75.0 Å². The van der Waals surface area contributed by atoms with Crippen LogP contribution in [0.1, 0.15) is 17.4 Å². The van der Waals surface area contributed by atoms with Gasteiger partial charge in [-0.05, 0) is 12.1 Å². The summed E-state index contributed by atoms with van der Waals surface area (Å²) in [6, 6.07) is 6.40. The normalized spacial score (nSPS) is 13.2. The zero-order valence-electron chi connectivity index (χ0n) is 19.1. The number of benzene rings is 1. The average Bonchev–Trinajstić information content (AvgIpc) is 3.43. The van der Waals surface area contributed by atoms with Crippen LogP contribution < -0.4 is 20.3 Å². The molecule has 3 heterocycles. The van der Waals surface area contributed by atoms with E-state index in [-0.39, 0.29) is 30.5 Å². The van der Waals surface area contributed by atoms with Crippen molar-refractivity contribution in [3.05, 3.63) is 36.3 Å². The van der Waals surface area contributed by atoms with Crippen LogP contribution >= 0.6 is 0 Å². The predicted molar refractivity (Wildman–Crippen MR) is 122 cm³/mol. The van der Waals surface area contributed by atoms with Crippen molar-refractivity contribution in [1.82, 2.24) is 35.2 Å². The fourth-order valence-corrected chi connectivity index (χ4v) is 3.58. The van der Waals surface area contributed by atoms with Gasteiger partial charge in [-0.1, -0.05) is 6.07 Å². The molecule has 1 saturated heterocycles. The quantitative estimate of drug-likeness (QED) is 0.547. The lowest BCUT2D eigenvalue weighted by atomic mass is 10.1. The van der Waals surface area contributed by atoms with Crippen molar-refractivity contribution in [3.8, 4) is 17.1 Å². The second-order valence-electron chi connectivity index (χ2n) is 7.40. The van der Waals surface area contributed by atoms with Crippen molar-refractivity contribution in [1.29, 1.82) is 0 Å². The van der Waals surface area contributed by atoms with Crippen LogP contribution in [0.4, 0.5) is 22.0 Å². The lowest BCUT2D eigenvalue weighted by molar-refractivity contribution is -0.125. The minimum Gasteiger partial charge on any atom is -0.494 e. The Morgan fingerprint density at radius 3 is 2.56 bits per heavy atom. The molecule has 0 atom stereocenters. The predicted octanol–water partition coefficient (Wildman–Crippen LogP) is 1.17. The Kier molecular flexibility index (Phi) is 6.08. The summed E-state index contributed by atoms with van der Waals surface area (Å²) in [6.07, 6.45) is 1.58. The molecule has 0 radical (unpaired) electrons. The molecule has 13 heteroatoms. The number of hydrogen-bond acceptors (Lipinski definition) is 9. The molecule has 0 unspecified atom stereocenters. The molecule has 4 amide bonds. The smallest absolute Gasteiger partial charge is 0.332 e. The number of carbonyl (C=O) groups is 3. The lowest BCUT2D eigenvalue weighted by Gasteiger charge is -2.18. The van der Waals surface area contributed by atoms with Crippen molar-refractivity contribution in [2.45, 2.75) is 6.92 Å². The number of rotatable bonds is 6. The molecule has 3 aromatic rings. The van der Waals surface area contributed by atoms with Crippen LogP contribution in [0.15, 0.2) is 30.6 Å². The van der Waals surface area contributed by atoms with E-state index in [9.17, 15) is 14.4 Å². The summed E-state index contributed by atoms with van der Waals surface area (Å²) in [5.74, 6) is 0.294. The van der Waals surface area contributed by atoms with E-state index < -0.39 is 11.9 Å². The van der Waals surface area contributed by atoms with Crippen LogP contribution in [0.25, 0.3) is 11.4 Å². The molecule has 176 valence electrons. The topological polar surface area (TPSA) is 147 Å². The average molecular weight is 465 g/mol. The van der Waals surface area contributed by atoms with E-state index in [0.29, 0.717) is 28.5 Å². The molecule has 0 aliphatic carbocycles. The molecular weight excluding hydrogens is 442 g/mol. The van der Waals surface area contributed by atoms with Gasteiger partial charge in [0.2, 0.25) is 5.91 Å². The van der Waals surface area contributed by atoms with Gasteiger partial charge in [0.1, 0.15) is 6.33 Å². The molecule has 1 fully saturated rings. The Labute approximate surface area is 194 Å². The number of aryl methyl sites for hydroxylation is 1. The van der Waals surface area contributed by atoms with Crippen LogP contribution in [-0.2, 0) is 11.8 Å². The molecule has 13 nitrogen and oxygen atoms in total. The fraction of sp³-hybridized carbons (Fsp3) is 0.286. The van der Waals surface area contributed by atoms with E-state index in [4.69, 9.17) is 4.74 Å². The fourth-order valence-electron chi connectivity index (χ4n) is 3.58. The van der Waals surface area contributed by atoms with E-state index in [1.54, 1.807) is 30.2 Å². The molecule has 2 aromatic heterocycles. The maximum atomic E-state index is 12.6. The highest BCUT2D eigenvalue weighted by Gasteiger charge is 2.34. The first-order valence-corrected chi connectivity index (χ1v) is 10.3.